The molecule has 4 atom stereocenters. The number of carbonyl (C=O) groups is 7. The molecule has 1 aliphatic carbocycles. The molecule has 10 aromatic carbocycles. The number of carbonyl (C=O) groups excluding carboxylic acids is 2. The molecule has 17 nitrogen and oxygen atoms in total. The number of para-hydroxylation sites is 2. The van der Waals surface area contributed by atoms with Gasteiger partial charge in [0.1, 0.15) is 28.8 Å². The quantitative estimate of drug-likeness (QED) is 0.0293. The van der Waals surface area contributed by atoms with Crippen molar-refractivity contribution < 1.29 is 73.7 Å². The summed E-state index contributed by atoms with van der Waals surface area (Å²) in [7, 11) is 3.30. The van der Waals surface area contributed by atoms with Gasteiger partial charge in [-0.2, -0.15) is 0 Å². The number of halogens is 2. The number of rotatable bonds is 22. The van der Waals surface area contributed by atoms with Crippen LogP contribution in [-0.2, 0) is 54.5 Å². The van der Waals surface area contributed by atoms with Gasteiger partial charge in [0, 0.05) is 42.3 Å². The number of aromatic carboxylic acids is 1. The van der Waals surface area contributed by atoms with Crippen LogP contribution >= 0.6 is 23.2 Å². The number of carboxylic acid groups (broad SMARTS) is 5. The Bertz CT molecular complexity index is 4610. The summed E-state index contributed by atoms with van der Waals surface area (Å²) >= 11 is 12.0. The number of aryl methyl sites for hydroxylation is 2. The van der Waals surface area contributed by atoms with E-state index in [0.29, 0.717) is 40.7 Å². The van der Waals surface area contributed by atoms with Crippen molar-refractivity contribution in [1.29, 1.82) is 0 Å². The van der Waals surface area contributed by atoms with Gasteiger partial charge in [-0.1, -0.05) is 177 Å². The molecular formula is C86H92Cl2N2O15. The number of aromatic hydroxyl groups is 1. The molecule has 8 N–H and O–H groups in total. The smallest absolute Gasteiger partial charge is 0.337 e. The molecule has 0 amide bonds. The van der Waals surface area contributed by atoms with Crippen LogP contribution in [0.1, 0.15) is 145 Å². The summed E-state index contributed by atoms with van der Waals surface area (Å²) in [6, 6.07) is 61.7. The van der Waals surface area contributed by atoms with Crippen molar-refractivity contribution >= 4 is 109 Å². The van der Waals surface area contributed by atoms with Crippen LogP contribution in [0.2, 0.25) is 10.0 Å². The van der Waals surface area contributed by atoms with Crippen molar-refractivity contribution in [3.8, 4) is 17.2 Å². The Balaban J connectivity index is 0.000000198. The second-order valence-electron chi connectivity index (χ2n) is 26.1. The predicted octanol–water partition coefficient (Wildman–Crippen LogP) is 20.1. The lowest BCUT2D eigenvalue weighted by Gasteiger charge is -2.14. The number of aliphatic carboxylic acids is 4. The Kier molecular flexibility index (Phi) is 32.2. The lowest BCUT2D eigenvalue weighted by atomic mass is 9.94. The van der Waals surface area contributed by atoms with E-state index < -0.39 is 47.6 Å². The van der Waals surface area contributed by atoms with Crippen molar-refractivity contribution in [3.63, 3.8) is 0 Å². The molecule has 0 saturated heterocycles. The van der Waals surface area contributed by atoms with Gasteiger partial charge in [0.05, 0.1) is 65.4 Å². The van der Waals surface area contributed by atoms with Crippen LogP contribution in [0.25, 0.3) is 21.5 Å². The molecule has 10 aromatic rings. The lowest BCUT2D eigenvalue weighted by Crippen LogP contribution is -2.10. The van der Waals surface area contributed by atoms with Crippen molar-refractivity contribution in [2.24, 2.45) is 11.8 Å². The molecule has 1 aliphatic rings. The standard InChI is InChI=1S/C15H15NO2.C15H18O3.C15H16O2.C14H11Cl2NO3.C14H14O3.C13H18O2/c1-10-6-5-9-13(11(10)2)16-14-8-4-3-7-12(14)15(17)18;1-10(15(17)18)12-7-5-11(6-8-12)9-13-3-2-4-14(13)16;1-11(16)3-4-12-5-6-14-10-15(17-2)8-7-13(14)9-12;15-10-6-9(18)7-11(16)14(10)17-12-4-2-1-3-8(12)5-13(19)20;1-9(14(15)16)10-3-4-12-8-13(17-2)6-5-11(12)7-10;1-9(2)8-11-4-6-12(7-5-11)10(3)13(14)15/h3-9,16H,1-2H3,(H,17,18);5-8,10,13H,2-4,9H2,1H3,(H,17,18);5-10H,3-4H2,1-2H3;1-4,6-7,17-18H,5H2,(H,19,20);3-9H,1-2H3,(H,15,16);4-7,9-10H,8H2,1-3H3,(H,14,15)/t;;;;9-;/m....0./s1. The highest BCUT2D eigenvalue weighted by Gasteiger charge is 2.25. The highest BCUT2D eigenvalue weighted by atomic mass is 35.5. The van der Waals surface area contributed by atoms with E-state index >= 15 is 0 Å². The number of phenolic OH excluding ortho intramolecular Hbond substituents is 1. The van der Waals surface area contributed by atoms with Crippen molar-refractivity contribution in [1.82, 2.24) is 0 Å². The molecule has 0 spiro atoms. The Hall–Kier alpha value is -11.0. The number of ketones is 2. The van der Waals surface area contributed by atoms with Crippen LogP contribution in [0.15, 0.2) is 200 Å². The van der Waals surface area contributed by atoms with E-state index in [1.165, 1.54) is 34.2 Å². The number of phenols is 1. The Morgan fingerprint density at radius 2 is 1.00 bits per heavy atom. The molecule has 550 valence electrons. The maximum atomic E-state index is 11.6. The fraction of sp³-hybridized carbons (Fsp3) is 0.267. The molecule has 0 aromatic heterocycles. The number of anilines is 4. The van der Waals surface area contributed by atoms with Gasteiger partial charge in [-0.05, 0) is 200 Å². The average Bonchev–Trinajstić information content (AvgIpc) is 1.69. The number of hydrogen-bond acceptors (Lipinski definition) is 12. The number of nitrogens with one attached hydrogen (secondary N) is 2. The first-order valence-electron chi connectivity index (χ1n) is 34.4. The van der Waals surface area contributed by atoms with Gasteiger partial charge in [0.2, 0.25) is 0 Å². The number of fused-ring (bicyclic) bond motifs is 2. The van der Waals surface area contributed by atoms with Gasteiger partial charge >= 0.3 is 29.8 Å². The fourth-order valence-corrected chi connectivity index (χ4v) is 11.8. The van der Waals surface area contributed by atoms with Gasteiger partial charge in [-0.15, -0.1) is 0 Å². The van der Waals surface area contributed by atoms with Gasteiger partial charge in [-0.3, -0.25) is 24.0 Å². The lowest BCUT2D eigenvalue weighted by molar-refractivity contribution is -0.139. The zero-order chi connectivity index (χ0) is 77.0. The molecule has 19 heteroatoms. The molecule has 0 heterocycles. The van der Waals surface area contributed by atoms with Crippen LogP contribution in [0, 0.1) is 25.7 Å². The van der Waals surface area contributed by atoms with Crippen molar-refractivity contribution in [3.05, 3.63) is 266 Å². The maximum Gasteiger partial charge on any atom is 0.337 e. The molecule has 1 saturated carbocycles. The van der Waals surface area contributed by atoms with Crippen molar-refractivity contribution in [2.75, 3.05) is 24.9 Å². The summed E-state index contributed by atoms with van der Waals surface area (Å²) in [5.41, 5.74) is 11.8. The monoisotopic (exact) mass is 1460 g/mol. The second kappa shape index (κ2) is 40.7. The second-order valence-corrected chi connectivity index (χ2v) is 26.9. The molecular weight excluding hydrogens is 1370 g/mol. The summed E-state index contributed by atoms with van der Waals surface area (Å²) in [5.74, 6) is -2.58. The summed E-state index contributed by atoms with van der Waals surface area (Å²) in [6.07, 6.45) is 5.88. The van der Waals surface area contributed by atoms with E-state index in [9.17, 15) is 38.7 Å². The molecule has 105 heavy (non-hydrogen) atoms. The number of methoxy groups -OCH3 is 2. The highest BCUT2D eigenvalue weighted by Crippen LogP contribution is 2.38. The van der Waals surface area contributed by atoms with Crippen LogP contribution in [0.5, 0.6) is 17.2 Å². The van der Waals surface area contributed by atoms with Gasteiger partial charge in [-0.25, -0.2) is 4.79 Å². The Morgan fingerprint density at radius 1 is 0.524 bits per heavy atom. The summed E-state index contributed by atoms with van der Waals surface area (Å²) in [4.78, 5) is 77.0. The minimum absolute atomic E-state index is 0.0376. The minimum atomic E-state index is -0.929. The van der Waals surface area contributed by atoms with Gasteiger partial charge in [0.15, 0.2) is 0 Å². The summed E-state index contributed by atoms with van der Waals surface area (Å²) in [5, 5.41) is 65.3. The molecule has 1 fully saturated rings. The fourth-order valence-electron chi connectivity index (χ4n) is 11.3. The zero-order valence-electron chi connectivity index (χ0n) is 60.7. The third kappa shape index (κ3) is 26.0. The number of carboxylic acids is 5. The first kappa shape index (κ1) is 82.9. The first-order valence-corrected chi connectivity index (χ1v) is 35.1. The van der Waals surface area contributed by atoms with E-state index in [0.717, 1.165) is 99.7 Å². The SMILES string of the molecule is CC(C(=O)O)c1ccc(CC2CCCC2=O)cc1.CC(C)Cc1ccc(C(C)C(=O)O)cc1.COc1ccc2cc(CCC(C)=O)ccc2c1.COc1ccc2cc([C@H](C)C(=O)O)ccc2c1.Cc1cccc(Nc2ccccc2C(=O)O)c1C.O=C(O)Cc1ccccc1Nc1c(Cl)cc(O)cc1Cl. The topological polar surface area (TPSA) is 283 Å². The number of benzene rings is 10. The third-order valence-electron chi connectivity index (χ3n) is 17.8. The van der Waals surface area contributed by atoms with Crippen LogP contribution in [-0.4, -0.2) is 86.3 Å². The molecule has 11 rings (SSSR count). The van der Waals surface area contributed by atoms with Crippen LogP contribution < -0.4 is 20.1 Å². The predicted molar refractivity (Wildman–Crippen MR) is 417 cm³/mol. The molecule has 3 unspecified atom stereocenters. The minimum Gasteiger partial charge on any atom is -0.508 e. The highest BCUT2D eigenvalue weighted by molar-refractivity contribution is 6.39. The molecule has 0 bridgehead atoms. The van der Waals surface area contributed by atoms with Gasteiger partial charge in [0.25, 0.3) is 0 Å². The van der Waals surface area contributed by atoms with E-state index in [1.54, 1.807) is 84.4 Å². The van der Waals surface area contributed by atoms with Crippen LogP contribution in [0.3, 0.4) is 0 Å². The van der Waals surface area contributed by atoms with Crippen molar-refractivity contribution in [2.45, 2.75) is 125 Å². The van der Waals surface area contributed by atoms with E-state index in [4.69, 9.17) is 58.2 Å². The Labute approximate surface area is 623 Å². The largest absolute Gasteiger partial charge is 0.508 e. The average molecular weight is 1460 g/mol. The maximum absolute atomic E-state index is 11.6. The number of Topliss-reactive ketones (excluding diaryl/α,β-unsaturated/α-hetero) is 2. The molecule has 0 radical (unpaired) electrons. The zero-order valence-corrected chi connectivity index (χ0v) is 62.2. The van der Waals surface area contributed by atoms with Gasteiger partial charge < -0.3 is 55.5 Å². The van der Waals surface area contributed by atoms with E-state index in [1.807, 2.05) is 141 Å². The Morgan fingerprint density at radius 3 is 1.51 bits per heavy atom. The van der Waals surface area contributed by atoms with Crippen LogP contribution in [0.4, 0.5) is 22.7 Å². The first-order chi connectivity index (χ1) is 49.9. The summed E-state index contributed by atoms with van der Waals surface area (Å²) < 4.78 is 10.3. The number of hydrogen-bond donors (Lipinski definition) is 8. The molecule has 0 aliphatic heterocycles. The number of ether oxygens (including phenoxy) is 2. The summed E-state index contributed by atoms with van der Waals surface area (Å²) in [6.45, 7) is 15.1. The van der Waals surface area contributed by atoms with E-state index in [2.05, 4.69) is 42.7 Å². The third-order valence-corrected chi connectivity index (χ3v) is 18.4. The van der Waals surface area contributed by atoms with E-state index in [-0.39, 0.29) is 39.5 Å². The normalized spacial score (nSPS) is 12.8.